The molecule has 1 unspecified atom stereocenters. The zero-order valence-corrected chi connectivity index (χ0v) is 10.7. The van der Waals surface area contributed by atoms with E-state index in [-0.39, 0.29) is 12.2 Å². The summed E-state index contributed by atoms with van der Waals surface area (Å²) in [5, 5.41) is 13.7. The number of nitrogens with one attached hydrogen (secondary N) is 1. The smallest absolute Gasteiger partial charge is 0.241 e. The van der Waals surface area contributed by atoms with Crippen LogP contribution in [0.2, 0.25) is 0 Å². The topological polar surface area (TPSA) is 118 Å². The summed E-state index contributed by atoms with van der Waals surface area (Å²) < 4.78 is 0. The normalized spacial score (nSPS) is 12.1. The Labute approximate surface area is 115 Å². The standard InChI is InChI=1S/C14H15N3O3/c15-10(7-13(16)19)14(20)17-11-5-1-4-9-8(11)3-2-6-12(9)18/h1-6,10,18H,7,15H2,(H2,16,19)(H,17,20). The monoisotopic (exact) mass is 273 g/mol. The van der Waals surface area contributed by atoms with E-state index in [2.05, 4.69) is 5.32 Å². The Hall–Kier alpha value is -2.60. The van der Waals surface area contributed by atoms with E-state index < -0.39 is 17.9 Å². The molecule has 0 aliphatic rings. The first-order chi connectivity index (χ1) is 9.49. The van der Waals surface area contributed by atoms with Gasteiger partial charge in [-0.15, -0.1) is 0 Å². The van der Waals surface area contributed by atoms with Gasteiger partial charge in [0.2, 0.25) is 11.8 Å². The molecule has 0 bridgehead atoms. The molecule has 0 saturated heterocycles. The first-order valence-corrected chi connectivity index (χ1v) is 6.04. The Kier molecular flexibility index (Phi) is 3.86. The maximum absolute atomic E-state index is 11.9. The molecular weight excluding hydrogens is 258 g/mol. The third kappa shape index (κ3) is 2.86. The first-order valence-electron chi connectivity index (χ1n) is 6.04. The van der Waals surface area contributed by atoms with E-state index in [0.717, 1.165) is 0 Å². The minimum Gasteiger partial charge on any atom is -0.507 e. The molecule has 2 aromatic rings. The van der Waals surface area contributed by atoms with Gasteiger partial charge in [-0.05, 0) is 12.1 Å². The van der Waals surface area contributed by atoms with Crippen LogP contribution in [0.15, 0.2) is 36.4 Å². The molecule has 0 radical (unpaired) electrons. The van der Waals surface area contributed by atoms with Gasteiger partial charge in [-0.2, -0.15) is 0 Å². The summed E-state index contributed by atoms with van der Waals surface area (Å²) in [4.78, 5) is 22.6. The van der Waals surface area contributed by atoms with Crippen molar-refractivity contribution in [3.63, 3.8) is 0 Å². The summed E-state index contributed by atoms with van der Waals surface area (Å²) in [6.07, 6.45) is -0.220. The Balaban J connectivity index is 2.28. The van der Waals surface area contributed by atoms with Gasteiger partial charge >= 0.3 is 0 Å². The maximum Gasteiger partial charge on any atom is 0.241 e. The van der Waals surface area contributed by atoms with Crippen molar-refractivity contribution in [3.8, 4) is 5.75 Å². The van der Waals surface area contributed by atoms with E-state index in [1.807, 2.05) is 0 Å². The molecular formula is C14H15N3O3. The van der Waals surface area contributed by atoms with Crippen LogP contribution in [0.4, 0.5) is 5.69 Å². The number of fused-ring (bicyclic) bond motifs is 1. The van der Waals surface area contributed by atoms with Gasteiger partial charge < -0.3 is 21.9 Å². The van der Waals surface area contributed by atoms with E-state index >= 15 is 0 Å². The molecule has 1 atom stereocenters. The van der Waals surface area contributed by atoms with Crippen LogP contribution in [0.5, 0.6) is 5.75 Å². The largest absolute Gasteiger partial charge is 0.507 e. The SMILES string of the molecule is NC(=O)CC(N)C(=O)Nc1cccc2c(O)cccc12. The number of phenols is 1. The van der Waals surface area contributed by atoms with E-state index in [9.17, 15) is 14.7 Å². The van der Waals surface area contributed by atoms with Crippen LogP contribution in [0.3, 0.4) is 0 Å². The third-order valence-electron chi connectivity index (χ3n) is 2.91. The predicted molar refractivity (Wildman–Crippen MR) is 76.0 cm³/mol. The second-order valence-corrected chi connectivity index (χ2v) is 4.44. The lowest BCUT2D eigenvalue weighted by molar-refractivity contribution is -0.123. The molecule has 2 amide bonds. The summed E-state index contributed by atoms with van der Waals surface area (Å²) in [7, 11) is 0. The fourth-order valence-electron chi connectivity index (χ4n) is 1.94. The maximum atomic E-state index is 11.9. The quantitative estimate of drug-likeness (QED) is 0.655. The number of carbonyl (C=O) groups is 2. The van der Waals surface area contributed by atoms with Crippen LogP contribution in [0.1, 0.15) is 6.42 Å². The van der Waals surface area contributed by atoms with Crippen LogP contribution in [0, 0.1) is 0 Å². The van der Waals surface area contributed by atoms with Crippen molar-refractivity contribution < 1.29 is 14.7 Å². The van der Waals surface area contributed by atoms with Crippen molar-refractivity contribution in [3.05, 3.63) is 36.4 Å². The lowest BCUT2D eigenvalue weighted by Crippen LogP contribution is -2.39. The number of nitrogens with two attached hydrogens (primary N) is 2. The summed E-state index contributed by atoms with van der Waals surface area (Å²) in [5.41, 5.74) is 11.1. The van der Waals surface area contributed by atoms with Crippen LogP contribution in [-0.4, -0.2) is 23.0 Å². The van der Waals surface area contributed by atoms with Crippen molar-refractivity contribution in [2.24, 2.45) is 11.5 Å². The van der Waals surface area contributed by atoms with E-state index in [1.165, 1.54) is 0 Å². The van der Waals surface area contributed by atoms with Crippen LogP contribution in [0.25, 0.3) is 10.8 Å². The molecule has 20 heavy (non-hydrogen) atoms. The molecule has 2 rings (SSSR count). The number of rotatable bonds is 4. The lowest BCUT2D eigenvalue weighted by atomic mass is 10.1. The third-order valence-corrected chi connectivity index (χ3v) is 2.91. The Morgan fingerprint density at radius 3 is 2.50 bits per heavy atom. The van der Waals surface area contributed by atoms with Gasteiger partial charge in [0.25, 0.3) is 0 Å². The minimum absolute atomic E-state index is 0.125. The number of aromatic hydroxyl groups is 1. The molecule has 6 N–H and O–H groups in total. The molecule has 0 saturated carbocycles. The number of hydrogen-bond donors (Lipinski definition) is 4. The molecule has 104 valence electrons. The molecule has 6 heteroatoms. The average Bonchev–Trinajstić information content (AvgIpc) is 2.39. The van der Waals surface area contributed by atoms with Crippen molar-refractivity contribution in [1.29, 1.82) is 0 Å². The molecule has 0 spiro atoms. The van der Waals surface area contributed by atoms with Gasteiger partial charge in [-0.1, -0.05) is 24.3 Å². The summed E-state index contributed by atoms with van der Waals surface area (Å²) in [5.74, 6) is -1.01. The Morgan fingerprint density at radius 2 is 1.80 bits per heavy atom. The van der Waals surface area contributed by atoms with Gasteiger partial charge in [-0.25, -0.2) is 0 Å². The van der Waals surface area contributed by atoms with E-state index in [4.69, 9.17) is 11.5 Å². The fourth-order valence-corrected chi connectivity index (χ4v) is 1.94. The highest BCUT2D eigenvalue weighted by atomic mass is 16.3. The molecule has 0 heterocycles. The number of benzene rings is 2. The summed E-state index contributed by atoms with van der Waals surface area (Å²) in [6.45, 7) is 0. The van der Waals surface area contributed by atoms with Crippen molar-refractivity contribution in [2.45, 2.75) is 12.5 Å². The van der Waals surface area contributed by atoms with E-state index in [1.54, 1.807) is 36.4 Å². The molecule has 6 nitrogen and oxygen atoms in total. The fraction of sp³-hybridized carbons (Fsp3) is 0.143. The van der Waals surface area contributed by atoms with Gasteiger partial charge in [-0.3, -0.25) is 9.59 Å². The number of carbonyl (C=O) groups excluding carboxylic acids is 2. The zero-order chi connectivity index (χ0) is 14.7. The molecule has 0 fully saturated rings. The number of amides is 2. The molecule has 0 aliphatic carbocycles. The van der Waals surface area contributed by atoms with Crippen LogP contribution in [-0.2, 0) is 9.59 Å². The van der Waals surface area contributed by atoms with Crippen molar-refractivity contribution in [1.82, 2.24) is 0 Å². The summed E-state index contributed by atoms with van der Waals surface area (Å²) in [6, 6.07) is 9.14. The highest BCUT2D eigenvalue weighted by Crippen LogP contribution is 2.29. The molecule has 0 aromatic heterocycles. The average molecular weight is 273 g/mol. The highest BCUT2D eigenvalue weighted by molar-refractivity contribution is 6.05. The van der Waals surface area contributed by atoms with Crippen LogP contribution >= 0.6 is 0 Å². The van der Waals surface area contributed by atoms with Gasteiger partial charge in [0.05, 0.1) is 12.5 Å². The Morgan fingerprint density at radius 1 is 1.15 bits per heavy atom. The van der Waals surface area contributed by atoms with Crippen LogP contribution < -0.4 is 16.8 Å². The minimum atomic E-state index is -1.000. The number of phenolic OH excluding ortho intramolecular Hbond substituents is 1. The van der Waals surface area contributed by atoms with Crippen molar-refractivity contribution in [2.75, 3.05) is 5.32 Å². The first kappa shape index (κ1) is 13.8. The predicted octanol–water partition coefficient (Wildman–Crippen LogP) is 0.687. The second-order valence-electron chi connectivity index (χ2n) is 4.44. The number of hydrogen-bond acceptors (Lipinski definition) is 4. The van der Waals surface area contributed by atoms with Gasteiger partial charge in [0.1, 0.15) is 5.75 Å². The van der Waals surface area contributed by atoms with Gasteiger partial charge in [0, 0.05) is 16.5 Å². The highest BCUT2D eigenvalue weighted by Gasteiger charge is 2.17. The lowest BCUT2D eigenvalue weighted by Gasteiger charge is -2.13. The summed E-state index contributed by atoms with van der Waals surface area (Å²) >= 11 is 0. The Bertz CT molecular complexity index is 670. The second kappa shape index (κ2) is 5.58. The van der Waals surface area contributed by atoms with Crippen molar-refractivity contribution >= 4 is 28.3 Å². The number of primary amides is 1. The zero-order valence-electron chi connectivity index (χ0n) is 10.7. The molecule has 0 aliphatic heterocycles. The molecule has 2 aromatic carbocycles. The number of anilines is 1. The van der Waals surface area contributed by atoms with Gasteiger partial charge in [0.15, 0.2) is 0 Å². The van der Waals surface area contributed by atoms with E-state index in [0.29, 0.717) is 16.5 Å².